The summed E-state index contributed by atoms with van der Waals surface area (Å²) in [4.78, 5) is 13.3. The third kappa shape index (κ3) is 0.515. The van der Waals surface area contributed by atoms with E-state index < -0.39 is 0 Å². The molecule has 2 aliphatic rings. The standard InChI is InChI=1S/C7H12N2O/c1-9-4-2-3-7(9)5-8-6(7)10/h2-5H2,1H3,(H,8,10)/t7-/m1/s1. The van der Waals surface area contributed by atoms with Gasteiger partial charge in [-0.3, -0.25) is 9.69 Å². The number of amides is 1. The van der Waals surface area contributed by atoms with Gasteiger partial charge in [-0.1, -0.05) is 0 Å². The second-order valence-electron chi connectivity index (χ2n) is 3.24. The number of hydrogen-bond donors (Lipinski definition) is 1. The minimum absolute atomic E-state index is 0.0833. The number of nitrogens with one attached hydrogen (secondary N) is 1. The van der Waals surface area contributed by atoms with E-state index in [0.717, 1.165) is 19.5 Å². The summed E-state index contributed by atoms with van der Waals surface area (Å²) in [5, 5.41) is 2.79. The maximum absolute atomic E-state index is 11.1. The molecule has 2 saturated heterocycles. The zero-order chi connectivity index (χ0) is 7.19. The monoisotopic (exact) mass is 140 g/mol. The van der Waals surface area contributed by atoms with Gasteiger partial charge in [0.15, 0.2) is 0 Å². The highest BCUT2D eigenvalue weighted by molar-refractivity contribution is 5.92. The molecule has 0 bridgehead atoms. The van der Waals surface area contributed by atoms with E-state index in [1.807, 2.05) is 7.05 Å². The van der Waals surface area contributed by atoms with Gasteiger partial charge in [-0.2, -0.15) is 0 Å². The summed E-state index contributed by atoms with van der Waals surface area (Å²) in [6, 6.07) is 0. The van der Waals surface area contributed by atoms with Crippen molar-refractivity contribution in [2.24, 2.45) is 0 Å². The maximum atomic E-state index is 11.1. The fraction of sp³-hybridized carbons (Fsp3) is 0.857. The first-order chi connectivity index (χ1) is 4.76. The van der Waals surface area contributed by atoms with Crippen LogP contribution in [0.25, 0.3) is 0 Å². The fourth-order valence-electron chi connectivity index (χ4n) is 1.89. The molecule has 3 heteroatoms. The smallest absolute Gasteiger partial charge is 0.242 e. The average molecular weight is 140 g/mol. The molecule has 2 aliphatic heterocycles. The predicted octanol–water partition coefficient (Wildman–Crippen LogP) is -0.419. The van der Waals surface area contributed by atoms with E-state index in [0.29, 0.717) is 0 Å². The molecule has 0 aromatic carbocycles. The zero-order valence-electron chi connectivity index (χ0n) is 6.18. The molecular formula is C7H12N2O. The Hall–Kier alpha value is -0.570. The summed E-state index contributed by atoms with van der Waals surface area (Å²) in [6.07, 6.45) is 2.22. The number of nitrogens with zero attached hydrogens (tertiary/aromatic N) is 1. The number of β-lactam (4-membered cyclic amide) rings is 1. The highest BCUT2D eigenvalue weighted by atomic mass is 16.2. The molecule has 1 N–H and O–H groups in total. The van der Waals surface area contributed by atoms with E-state index >= 15 is 0 Å². The predicted molar refractivity (Wildman–Crippen MR) is 37.6 cm³/mol. The van der Waals surface area contributed by atoms with E-state index in [1.54, 1.807) is 0 Å². The van der Waals surface area contributed by atoms with Crippen LogP contribution in [0.15, 0.2) is 0 Å². The summed E-state index contributed by atoms with van der Waals surface area (Å²) >= 11 is 0. The van der Waals surface area contributed by atoms with Crippen LogP contribution < -0.4 is 5.32 Å². The van der Waals surface area contributed by atoms with Crippen molar-refractivity contribution in [3.63, 3.8) is 0 Å². The lowest BCUT2D eigenvalue weighted by molar-refractivity contribution is -0.139. The summed E-state index contributed by atoms with van der Waals surface area (Å²) in [5.74, 6) is 0.229. The Balaban J connectivity index is 2.21. The second kappa shape index (κ2) is 1.72. The largest absolute Gasteiger partial charge is 0.352 e. The van der Waals surface area contributed by atoms with E-state index in [2.05, 4.69) is 10.2 Å². The van der Waals surface area contributed by atoms with Crippen LogP contribution in [0, 0.1) is 0 Å². The molecule has 1 spiro atoms. The zero-order valence-corrected chi connectivity index (χ0v) is 6.18. The number of carbonyl (C=O) groups excluding carboxylic acids is 1. The third-order valence-corrected chi connectivity index (χ3v) is 2.78. The number of rotatable bonds is 0. The van der Waals surface area contributed by atoms with Gasteiger partial charge in [-0.05, 0) is 26.4 Å². The van der Waals surface area contributed by atoms with Gasteiger partial charge in [0, 0.05) is 6.54 Å². The van der Waals surface area contributed by atoms with Crippen molar-refractivity contribution in [2.45, 2.75) is 18.4 Å². The van der Waals surface area contributed by atoms with Crippen molar-refractivity contribution in [3.05, 3.63) is 0 Å². The molecule has 0 saturated carbocycles. The van der Waals surface area contributed by atoms with Crippen molar-refractivity contribution >= 4 is 5.91 Å². The molecule has 2 fully saturated rings. The van der Waals surface area contributed by atoms with Crippen molar-refractivity contribution in [2.75, 3.05) is 20.1 Å². The van der Waals surface area contributed by atoms with Crippen LogP contribution in [0.3, 0.4) is 0 Å². The maximum Gasteiger partial charge on any atom is 0.242 e. The Bertz CT molecular complexity index is 180. The highest BCUT2D eigenvalue weighted by Gasteiger charge is 2.51. The van der Waals surface area contributed by atoms with Crippen molar-refractivity contribution in [1.29, 1.82) is 0 Å². The minimum Gasteiger partial charge on any atom is -0.352 e. The Kier molecular flexibility index (Phi) is 1.06. The van der Waals surface area contributed by atoms with Gasteiger partial charge in [0.25, 0.3) is 0 Å². The van der Waals surface area contributed by atoms with E-state index in [9.17, 15) is 4.79 Å². The van der Waals surface area contributed by atoms with E-state index in [-0.39, 0.29) is 11.4 Å². The first-order valence-corrected chi connectivity index (χ1v) is 3.75. The topological polar surface area (TPSA) is 32.3 Å². The highest BCUT2D eigenvalue weighted by Crippen LogP contribution is 2.31. The molecule has 3 nitrogen and oxygen atoms in total. The number of likely N-dealkylation sites (tertiary alicyclic amines) is 1. The van der Waals surface area contributed by atoms with Crippen LogP contribution in [0.4, 0.5) is 0 Å². The lowest BCUT2D eigenvalue weighted by Gasteiger charge is -2.42. The Morgan fingerprint density at radius 3 is 2.70 bits per heavy atom. The quantitative estimate of drug-likeness (QED) is 0.463. The Morgan fingerprint density at radius 2 is 2.50 bits per heavy atom. The molecule has 2 heterocycles. The molecule has 10 heavy (non-hydrogen) atoms. The van der Waals surface area contributed by atoms with Gasteiger partial charge in [-0.15, -0.1) is 0 Å². The second-order valence-corrected chi connectivity index (χ2v) is 3.24. The van der Waals surface area contributed by atoms with Crippen LogP contribution in [0.1, 0.15) is 12.8 Å². The molecule has 56 valence electrons. The van der Waals surface area contributed by atoms with Gasteiger partial charge in [-0.25, -0.2) is 0 Å². The Labute approximate surface area is 60.4 Å². The first-order valence-electron chi connectivity index (χ1n) is 3.75. The van der Waals surface area contributed by atoms with Crippen molar-refractivity contribution < 1.29 is 4.79 Å². The molecule has 0 unspecified atom stereocenters. The average Bonchev–Trinajstić information content (AvgIpc) is 2.30. The van der Waals surface area contributed by atoms with Crippen LogP contribution in [0.2, 0.25) is 0 Å². The van der Waals surface area contributed by atoms with E-state index in [4.69, 9.17) is 0 Å². The third-order valence-electron chi connectivity index (χ3n) is 2.78. The summed E-state index contributed by atoms with van der Waals surface area (Å²) in [7, 11) is 2.03. The fourth-order valence-corrected chi connectivity index (χ4v) is 1.89. The molecule has 0 radical (unpaired) electrons. The molecule has 2 rings (SSSR count). The van der Waals surface area contributed by atoms with Gasteiger partial charge >= 0.3 is 0 Å². The van der Waals surface area contributed by atoms with Crippen LogP contribution in [-0.2, 0) is 4.79 Å². The number of likely N-dealkylation sites (N-methyl/N-ethyl adjacent to an activating group) is 1. The molecule has 1 atom stereocenters. The molecule has 1 amide bonds. The van der Waals surface area contributed by atoms with Gasteiger partial charge in [0.2, 0.25) is 5.91 Å². The minimum atomic E-state index is -0.0833. The molecule has 0 aliphatic carbocycles. The van der Waals surface area contributed by atoms with E-state index in [1.165, 1.54) is 6.42 Å². The molecule has 0 aromatic heterocycles. The lowest BCUT2D eigenvalue weighted by atomic mass is 9.89. The molecule has 0 aromatic rings. The first kappa shape index (κ1) is 6.16. The van der Waals surface area contributed by atoms with Crippen LogP contribution in [0.5, 0.6) is 0 Å². The number of hydrogen-bond acceptors (Lipinski definition) is 2. The van der Waals surface area contributed by atoms with Crippen LogP contribution >= 0.6 is 0 Å². The summed E-state index contributed by atoms with van der Waals surface area (Å²) < 4.78 is 0. The van der Waals surface area contributed by atoms with Gasteiger partial charge in [0.1, 0.15) is 5.54 Å². The van der Waals surface area contributed by atoms with Gasteiger partial charge in [0.05, 0.1) is 0 Å². The van der Waals surface area contributed by atoms with Crippen LogP contribution in [-0.4, -0.2) is 36.5 Å². The normalized spacial score (nSPS) is 39.9. The summed E-state index contributed by atoms with van der Waals surface area (Å²) in [6.45, 7) is 1.94. The summed E-state index contributed by atoms with van der Waals surface area (Å²) in [5.41, 5.74) is -0.0833. The van der Waals surface area contributed by atoms with Crippen molar-refractivity contribution in [3.8, 4) is 0 Å². The lowest BCUT2D eigenvalue weighted by Crippen LogP contribution is -2.69. The van der Waals surface area contributed by atoms with Crippen molar-refractivity contribution in [1.82, 2.24) is 10.2 Å². The molecular weight excluding hydrogens is 128 g/mol. The SMILES string of the molecule is CN1CCC[C@]12CNC2=O. The number of carbonyl (C=O) groups is 1. The Morgan fingerprint density at radius 1 is 1.70 bits per heavy atom. The van der Waals surface area contributed by atoms with Gasteiger partial charge < -0.3 is 5.32 Å².